The molecule has 0 aliphatic rings. The average molecular weight is 278 g/mol. The van der Waals surface area contributed by atoms with Crippen LogP contribution in [-0.2, 0) is 0 Å². The van der Waals surface area contributed by atoms with Crippen molar-refractivity contribution >= 4 is 29.0 Å². The molecule has 1 aromatic carbocycles. The number of carbonyl (C=O) groups excluding carboxylic acids is 1. The normalized spacial score (nSPS) is 12.1. The zero-order chi connectivity index (χ0) is 13.0. The second-order valence-electron chi connectivity index (χ2n) is 3.84. The van der Waals surface area contributed by atoms with Gasteiger partial charge in [0.25, 0.3) is 5.91 Å². The Morgan fingerprint density at radius 2 is 2.11 bits per heavy atom. The maximum atomic E-state index is 11.8. The third-order valence-electron chi connectivity index (χ3n) is 2.63. The van der Waals surface area contributed by atoms with E-state index in [0.717, 1.165) is 5.56 Å². The summed E-state index contributed by atoms with van der Waals surface area (Å²) in [6.07, 6.45) is 2.04. The highest BCUT2D eigenvalue weighted by Crippen LogP contribution is 2.19. The average Bonchev–Trinajstić information content (AvgIpc) is 2.92. The van der Waals surface area contributed by atoms with Gasteiger partial charge in [-0.05, 0) is 30.9 Å². The summed E-state index contributed by atoms with van der Waals surface area (Å²) < 4.78 is 0. The summed E-state index contributed by atoms with van der Waals surface area (Å²) in [4.78, 5) is 17.1. The van der Waals surface area contributed by atoms with E-state index in [1.807, 2.05) is 25.3 Å². The number of carbonyl (C=O) groups is 1. The molecule has 0 spiro atoms. The molecule has 5 heteroatoms. The van der Waals surface area contributed by atoms with Crippen LogP contribution in [0.2, 0.25) is 0 Å². The lowest BCUT2D eigenvalue weighted by Crippen LogP contribution is -2.26. The minimum absolute atomic E-state index is 0.0184. The van der Waals surface area contributed by atoms with Crippen molar-refractivity contribution in [3.05, 3.63) is 46.4 Å². The van der Waals surface area contributed by atoms with Crippen LogP contribution in [0.15, 0.2) is 40.1 Å². The van der Waals surface area contributed by atoms with Gasteiger partial charge in [0.15, 0.2) is 0 Å². The van der Waals surface area contributed by atoms with Crippen LogP contribution in [0.5, 0.6) is 0 Å². The monoisotopic (exact) mass is 278 g/mol. The molecule has 0 saturated heterocycles. The van der Waals surface area contributed by atoms with Crippen LogP contribution in [0.25, 0.3) is 0 Å². The first kappa shape index (κ1) is 13.1. The van der Waals surface area contributed by atoms with Gasteiger partial charge in [-0.25, -0.2) is 4.98 Å². The minimum Gasteiger partial charge on any atom is -0.344 e. The van der Waals surface area contributed by atoms with Gasteiger partial charge in [-0.2, -0.15) is 0 Å². The number of thioether (sulfide) groups is 1. The largest absolute Gasteiger partial charge is 0.344 e. The van der Waals surface area contributed by atoms with Crippen LogP contribution in [0.1, 0.15) is 29.0 Å². The summed E-state index contributed by atoms with van der Waals surface area (Å²) >= 11 is 3.13. The number of rotatable bonds is 4. The molecule has 0 aliphatic carbocycles. The van der Waals surface area contributed by atoms with Crippen molar-refractivity contribution in [3.63, 3.8) is 0 Å². The number of nitrogens with one attached hydrogen (secondary N) is 1. The second-order valence-corrected chi connectivity index (χ2v) is 5.44. The molecule has 1 heterocycles. The lowest BCUT2D eigenvalue weighted by Gasteiger charge is -2.13. The van der Waals surface area contributed by atoms with Crippen molar-refractivity contribution in [2.75, 3.05) is 6.26 Å². The number of nitrogens with zero attached hydrogens (tertiary/aromatic N) is 1. The number of hydrogen-bond acceptors (Lipinski definition) is 4. The van der Waals surface area contributed by atoms with Crippen LogP contribution in [0, 0.1) is 0 Å². The van der Waals surface area contributed by atoms with E-state index >= 15 is 0 Å². The van der Waals surface area contributed by atoms with E-state index in [2.05, 4.69) is 22.4 Å². The van der Waals surface area contributed by atoms with Crippen LogP contribution < -0.4 is 5.32 Å². The van der Waals surface area contributed by atoms with Crippen LogP contribution >= 0.6 is 23.1 Å². The Balaban J connectivity index is 2.02. The summed E-state index contributed by atoms with van der Waals surface area (Å²) in [6.45, 7) is 1.97. The third kappa shape index (κ3) is 3.11. The number of thiazole rings is 1. The predicted molar refractivity (Wildman–Crippen MR) is 76.2 cm³/mol. The van der Waals surface area contributed by atoms with Gasteiger partial charge in [-0.3, -0.25) is 4.79 Å². The Labute approximate surface area is 115 Å². The van der Waals surface area contributed by atoms with Crippen LogP contribution in [0.3, 0.4) is 0 Å². The van der Waals surface area contributed by atoms with Crippen LogP contribution in [0.4, 0.5) is 0 Å². The lowest BCUT2D eigenvalue weighted by molar-refractivity contribution is 0.0935. The topological polar surface area (TPSA) is 42.0 Å². The van der Waals surface area contributed by atoms with Crippen LogP contribution in [-0.4, -0.2) is 17.1 Å². The number of benzene rings is 1. The van der Waals surface area contributed by atoms with Gasteiger partial charge >= 0.3 is 0 Å². The molecule has 0 saturated carbocycles. The molecule has 1 atom stereocenters. The molecule has 1 amide bonds. The predicted octanol–water partition coefficient (Wildman–Crippen LogP) is 3.36. The fourth-order valence-electron chi connectivity index (χ4n) is 1.57. The second kappa shape index (κ2) is 6.02. The minimum atomic E-state index is -0.127. The fourth-order valence-corrected chi connectivity index (χ4v) is 2.51. The fraction of sp³-hybridized carbons (Fsp3) is 0.231. The summed E-state index contributed by atoms with van der Waals surface area (Å²) in [5.74, 6) is -0.127. The maximum Gasteiger partial charge on any atom is 0.271 e. The molecule has 2 aromatic rings. The summed E-state index contributed by atoms with van der Waals surface area (Å²) in [5, 5.41) is 4.68. The van der Waals surface area contributed by atoms with Gasteiger partial charge in [0, 0.05) is 10.3 Å². The highest BCUT2D eigenvalue weighted by Gasteiger charge is 2.12. The van der Waals surface area contributed by atoms with Gasteiger partial charge in [-0.1, -0.05) is 12.1 Å². The molecule has 0 fully saturated rings. The lowest BCUT2D eigenvalue weighted by atomic mass is 10.1. The zero-order valence-electron chi connectivity index (χ0n) is 10.2. The van der Waals surface area contributed by atoms with Gasteiger partial charge < -0.3 is 5.32 Å². The first-order valence-corrected chi connectivity index (χ1v) is 7.70. The smallest absolute Gasteiger partial charge is 0.271 e. The van der Waals surface area contributed by atoms with E-state index in [1.165, 1.54) is 16.2 Å². The molecule has 18 heavy (non-hydrogen) atoms. The first-order valence-electron chi connectivity index (χ1n) is 5.53. The molecule has 0 radical (unpaired) electrons. The Hall–Kier alpha value is -1.33. The molecule has 1 unspecified atom stereocenters. The van der Waals surface area contributed by atoms with Crippen molar-refractivity contribution in [1.29, 1.82) is 0 Å². The Morgan fingerprint density at radius 3 is 2.67 bits per heavy atom. The van der Waals surface area contributed by atoms with E-state index in [9.17, 15) is 4.79 Å². The molecule has 94 valence electrons. The van der Waals surface area contributed by atoms with E-state index in [-0.39, 0.29) is 11.9 Å². The van der Waals surface area contributed by atoms with Crippen molar-refractivity contribution in [1.82, 2.24) is 10.3 Å². The van der Waals surface area contributed by atoms with E-state index in [1.54, 1.807) is 22.7 Å². The number of hydrogen-bond donors (Lipinski definition) is 1. The zero-order valence-corrected chi connectivity index (χ0v) is 11.8. The van der Waals surface area contributed by atoms with Gasteiger partial charge in [-0.15, -0.1) is 23.1 Å². The van der Waals surface area contributed by atoms with E-state index < -0.39 is 0 Å². The highest BCUT2D eigenvalue weighted by molar-refractivity contribution is 7.98. The molecule has 2 rings (SSSR count). The summed E-state index contributed by atoms with van der Waals surface area (Å²) in [5.41, 5.74) is 3.23. The van der Waals surface area contributed by atoms with Crippen molar-refractivity contribution in [2.45, 2.75) is 17.9 Å². The third-order valence-corrected chi connectivity index (χ3v) is 3.96. The SMILES string of the molecule is CSc1ccc(C(C)NC(=O)c2cscn2)cc1. The first-order chi connectivity index (χ1) is 8.70. The molecule has 3 nitrogen and oxygen atoms in total. The Morgan fingerprint density at radius 1 is 1.39 bits per heavy atom. The van der Waals surface area contributed by atoms with Gasteiger partial charge in [0.05, 0.1) is 11.6 Å². The van der Waals surface area contributed by atoms with Crippen molar-refractivity contribution in [3.8, 4) is 0 Å². The molecule has 0 bridgehead atoms. The van der Waals surface area contributed by atoms with E-state index in [0.29, 0.717) is 5.69 Å². The molecule has 1 N–H and O–H groups in total. The Kier molecular flexibility index (Phi) is 4.38. The van der Waals surface area contributed by atoms with Crippen molar-refractivity contribution in [2.24, 2.45) is 0 Å². The van der Waals surface area contributed by atoms with Crippen molar-refractivity contribution < 1.29 is 4.79 Å². The summed E-state index contributed by atoms with van der Waals surface area (Å²) in [7, 11) is 0. The molecule has 1 aromatic heterocycles. The standard InChI is InChI=1S/C13H14N2OS2/c1-9(10-3-5-11(17-2)6-4-10)15-13(16)12-7-18-8-14-12/h3-9H,1-2H3,(H,15,16). The molecular formula is C13H14N2OS2. The number of aromatic nitrogens is 1. The van der Waals surface area contributed by atoms with Gasteiger partial charge in [0.1, 0.15) is 5.69 Å². The maximum absolute atomic E-state index is 11.8. The number of amides is 1. The van der Waals surface area contributed by atoms with E-state index in [4.69, 9.17) is 0 Å². The quantitative estimate of drug-likeness (QED) is 0.872. The molecule has 0 aliphatic heterocycles. The Bertz CT molecular complexity index is 508. The highest BCUT2D eigenvalue weighted by atomic mass is 32.2. The molecular weight excluding hydrogens is 264 g/mol. The summed E-state index contributed by atoms with van der Waals surface area (Å²) in [6, 6.07) is 8.18. The van der Waals surface area contributed by atoms with Gasteiger partial charge in [0.2, 0.25) is 0 Å².